The van der Waals surface area contributed by atoms with Crippen molar-refractivity contribution in [1.82, 2.24) is 9.80 Å². The van der Waals surface area contributed by atoms with Crippen LogP contribution in [0, 0.1) is 6.92 Å². The van der Waals surface area contributed by atoms with Crippen LogP contribution in [0.4, 0.5) is 5.69 Å². The Kier molecular flexibility index (Phi) is 4.04. The lowest BCUT2D eigenvalue weighted by atomic mass is 10.0. The Bertz CT molecular complexity index is 477. The van der Waals surface area contributed by atoms with Gasteiger partial charge in [0.2, 0.25) is 0 Å². The van der Waals surface area contributed by atoms with Crippen LogP contribution < -0.4 is 5.73 Å². The molecular weight excluding hydrogens is 250 g/mol. The topological polar surface area (TPSA) is 49.6 Å². The molecule has 0 saturated carbocycles. The van der Waals surface area contributed by atoms with Crippen molar-refractivity contribution >= 4 is 11.6 Å². The van der Waals surface area contributed by atoms with E-state index in [-0.39, 0.29) is 11.4 Å². The van der Waals surface area contributed by atoms with Gasteiger partial charge in [-0.1, -0.05) is 12.1 Å². The molecule has 1 aromatic carbocycles. The maximum Gasteiger partial charge on any atom is 0.256 e. The molecule has 1 amide bonds. The second kappa shape index (κ2) is 5.44. The normalized spacial score (nSPS) is 17.3. The third kappa shape index (κ3) is 2.96. The van der Waals surface area contributed by atoms with Crippen LogP contribution in [-0.2, 0) is 0 Å². The molecule has 1 fully saturated rings. The molecule has 0 aromatic heterocycles. The highest BCUT2D eigenvalue weighted by Gasteiger charge is 2.29. The number of piperazine rings is 1. The van der Waals surface area contributed by atoms with Gasteiger partial charge in [0.15, 0.2) is 0 Å². The van der Waals surface area contributed by atoms with E-state index in [1.807, 2.05) is 24.0 Å². The van der Waals surface area contributed by atoms with Gasteiger partial charge in [-0.05, 0) is 39.3 Å². The number of nitrogen functional groups attached to an aromatic ring is 1. The minimum atomic E-state index is 0.0640. The number of hydrogen-bond donors (Lipinski definition) is 1. The van der Waals surface area contributed by atoms with Gasteiger partial charge in [-0.2, -0.15) is 0 Å². The van der Waals surface area contributed by atoms with Crippen molar-refractivity contribution in [2.45, 2.75) is 33.2 Å². The highest BCUT2D eigenvalue weighted by atomic mass is 16.2. The van der Waals surface area contributed by atoms with E-state index in [9.17, 15) is 4.79 Å². The van der Waals surface area contributed by atoms with Crippen molar-refractivity contribution < 1.29 is 4.79 Å². The zero-order valence-corrected chi connectivity index (χ0v) is 12.9. The molecule has 4 nitrogen and oxygen atoms in total. The molecule has 0 aliphatic carbocycles. The number of benzene rings is 1. The number of anilines is 1. The summed E-state index contributed by atoms with van der Waals surface area (Å²) in [5.41, 5.74) is 8.32. The van der Waals surface area contributed by atoms with Crippen LogP contribution in [0.2, 0.25) is 0 Å². The molecule has 0 radical (unpaired) electrons. The number of nitrogens with zero attached hydrogens (tertiary/aromatic N) is 2. The number of rotatable bonds is 1. The molecule has 1 aliphatic rings. The van der Waals surface area contributed by atoms with Gasteiger partial charge in [-0.15, -0.1) is 0 Å². The molecule has 0 spiro atoms. The van der Waals surface area contributed by atoms with E-state index in [0.717, 1.165) is 31.7 Å². The van der Waals surface area contributed by atoms with Gasteiger partial charge in [0.25, 0.3) is 5.91 Å². The van der Waals surface area contributed by atoms with Crippen LogP contribution in [-0.4, -0.2) is 47.4 Å². The fraction of sp³-hybridized carbons (Fsp3) is 0.562. The van der Waals surface area contributed by atoms with Crippen LogP contribution in [0.15, 0.2) is 18.2 Å². The molecule has 1 saturated heterocycles. The number of nitrogens with two attached hydrogens (primary N) is 1. The molecule has 0 bridgehead atoms. The fourth-order valence-electron chi connectivity index (χ4n) is 2.72. The quantitative estimate of drug-likeness (QED) is 0.799. The number of aryl methyl sites for hydroxylation is 1. The first-order valence-corrected chi connectivity index (χ1v) is 7.20. The Morgan fingerprint density at radius 3 is 2.25 bits per heavy atom. The Labute approximate surface area is 121 Å². The molecule has 0 unspecified atom stereocenters. The maximum absolute atomic E-state index is 12.6. The fourth-order valence-corrected chi connectivity index (χ4v) is 2.72. The second-order valence-electron chi connectivity index (χ2n) is 6.49. The van der Waals surface area contributed by atoms with Crippen LogP contribution in [0.1, 0.15) is 36.7 Å². The summed E-state index contributed by atoms with van der Waals surface area (Å²) in [5.74, 6) is 0.0640. The standard InChI is InChI=1S/C16H25N3O/c1-12-6-5-7-13(17)14(12)15(20)18-8-10-19(11-9-18)16(2,3)4/h5-7H,8-11,17H2,1-4H3. The summed E-state index contributed by atoms with van der Waals surface area (Å²) in [6.45, 7) is 11.9. The van der Waals surface area contributed by atoms with Crippen molar-refractivity contribution in [3.63, 3.8) is 0 Å². The van der Waals surface area contributed by atoms with Crippen LogP contribution in [0.3, 0.4) is 0 Å². The van der Waals surface area contributed by atoms with Crippen molar-refractivity contribution in [3.8, 4) is 0 Å². The van der Waals surface area contributed by atoms with Gasteiger partial charge >= 0.3 is 0 Å². The Morgan fingerprint density at radius 2 is 1.75 bits per heavy atom. The van der Waals surface area contributed by atoms with Crippen LogP contribution in [0.25, 0.3) is 0 Å². The summed E-state index contributed by atoms with van der Waals surface area (Å²) in [6.07, 6.45) is 0. The van der Waals surface area contributed by atoms with E-state index < -0.39 is 0 Å². The first-order valence-electron chi connectivity index (χ1n) is 7.20. The molecule has 20 heavy (non-hydrogen) atoms. The van der Waals surface area contributed by atoms with E-state index in [0.29, 0.717) is 11.3 Å². The molecule has 1 aromatic rings. The Balaban J connectivity index is 2.09. The van der Waals surface area contributed by atoms with Gasteiger partial charge in [-0.3, -0.25) is 9.69 Å². The molecule has 1 heterocycles. The van der Waals surface area contributed by atoms with E-state index in [1.54, 1.807) is 6.07 Å². The third-order valence-corrected chi connectivity index (χ3v) is 4.03. The molecular formula is C16H25N3O. The summed E-state index contributed by atoms with van der Waals surface area (Å²) >= 11 is 0. The zero-order chi connectivity index (χ0) is 14.9. The van der Waals surface area contributed by atoms with Crippen molar-refractivity contribution in [2.24, 2.45) is 0 Å². The van der Waals surface area contributed by atoms with Crippen LogP contribution >= 0.6 is 0 Å². The predicted molar refractivity (Wildman–Crippen MR) is 82.8 cm³/mol. The summed E-state index contributed by atoms with van der Waals surface area (Å²) in [6, 6.07) is 5.62. The first-order chi connectivity index (χ1) is 9.30. The van der Waals surface area contributed by atoms with Crippen LogP contribution in [0.5, 0.6) is 0 Å². The van der Waals surface area contributed by atoms with E-state index >= 15 is 0 Å². The van der Waals surface area contributed by atoms with Gasteiger partial charge in [0.1, 0.15) is 0 Å². The summed E-state index contributed by atoms with van der Waals surface area (Å²) in [4.78, 5) is 17.0. The van der Waals surface area contributed by atoms with Gasteiger partial charge in [0, 0.05) is 37.4 Å². The van der Waals surface area contributed by atoms with Gasteiger partial charge in [0.05, 0.1) is 5.56 Å². The van der Waals surface area contributed by atoms with Gasteiger partial charge in [-0.25, -0.2) is 0 Å². The van der Waals surface area contributed by atoms with Crippen molar-refractivity contribution in [3.05, 3.63) is 29.3 Å². The van der Waals surface area contributed by atoms with E-state index in [4.69, 9.17) is 5.73 Å². The second-order valence-corrected chi connectivity index (χ2v) is 6.49. The van der Waals surface area contributed by atoms with Gasteiger partial charge < -0.3 is 10.6 Å². The average molecular weight is 275 g/mol. The minimum Gasteiger partial charge on any atom is -0.398 e. The number of carbonyl (C=O) groups excluding carboxylic acids is 1. The predicted octanol–water partition coefficient (Wildman–Crippen LogP) is 2.13. The lowest BCUT2D eigenvalue weighted by Gasteiger charge is -2.42. The summed E-state index contributed by atoms with van der Waals surface area (Å²) in [5, 5.41) is 0. The summed E-state index contributed by atoms with van der Waals surface area (Å²) < 4.78 is 0. The first kappa shape index (κ1) is 14.9. The third-order valence-electron chi connectivity index (χ3n) is 4.03. The lowest BCUT2D eigenvalue weighted by molar-refractivity contribution is 0.0451. The Morgan fingerprint density at radius 1 is 1.15 bits per heavy atom. The summed E-state index contributed by atoms with van der Waals surface area (Å²) in [7, 11) is 0. The largest absolute Gasteiger partial charge is 0.398 e. The molecule has 2 rings (SSSR count). The van der Waals surface area contributed by atoms with E-state index in [2.05, 4.69) is 25.7 Å². The number of carbonyl (C=O) groups is 1. The maximum atomic E-state index is 12.6. The number of hydrogen-bond acceptors (Lipinski definition) is 3. The SMILES string of the molecule is Cc1cccc(N)c1C(=O)N1CCN(C(C)(C)C)CC1. The molecule has 110 valence electrons. The zero-order valence-electron chi connectivity index (χ0n) is 12.9. The van der Waals surface area contributed by atoms with Crippen molar-refractivity contribution in [1.29, 1.82) is 0 Å². The van der Waals surface area contributed by atoms with E-state index in [1.165, 1.54) is 0 Å². The molecule has 1 aliphatic heterocycles. The highest BCUT2D eigenvalue weighted by molar-refractivity contribution is 6.00. The smallest absolute Gasteiger partial charge is 0.256 e. The lowest BCUT2D eigenvalue weighted by Crippen LogP contribution is -2.54. The minimum absolute atomic E-state index is 0.0640. The highest BCUT2D eigenvalue weighted by Crippen LogP contribution is 2.21. The van der Waals surface area contributed by atoms with Crippen molar-refractivity contribution in [2.75, 3.05) is 31.9 Å². The monoisotopic (exact) mass is 275 g/mol. The average Bonchev–Trinajstić information content (AvgIpc) is 2.37. The number of amides is 1. The molecule has 4 heteroatoms. The Hall–Kier alpha value is -1.55. The molecule has 0 atom stereocenters. The molecule has 2 N–H and O–H groups in total.